The summed E-state index contributed by atoms with van der Waals surface area (Å²) in [5.41, 5.74) is -1.41. The van der Waals surface area contributed by atoms with Gasteiger partial charge in [-0.25, -0.2) is 4.79 Å². The lowest BCUT2D eigenvalue weighted by molar-refractivity contribution is -0.198. The van der Waals surface area contributed by atoms with E-state index < -0.39 is 44.0 Å². The predicted molar refractivity (Wildman–Crippen MR) is 97.3 cm³/mol. The van der Waals surface area contributed by atoms with Crippen LogP contribution in [0.3, 0.4) is 0 Å². The van der Waals surface area contributed by atoms with Crippen LogP contribution in [0.5, 0.6) is 0 Å². The van der Waals surface area contributed by atoms with E-state index in [4.69, 9.17) is 9.16 Å². The highest BCUT2D eigenvalue weighted by molar-refractivity contribution is 6.74. The lowest BCUT2D eigenvalue weighted by Gasteiger charge is -2.36. The molecule has 0 radical (unpaired) electrons. The number of hydrogen-bond donors (Lipinski definition) is 1. The van der Waals surface area contributed by atoms with Gasteiger partial charge in [-0.05, 0) is 31.5 Å². The number of nitrogens with zero attached hydrogens (tertiary/aromatic N) is 1. The molecule has 0 amide bonds. The van der Waals surface area contributed by atoms with Crippen molar-refractivity contribution in [3.05, 3.63) is 32.6 Å². The van der Waals surface area contributed by atoms with Crippen LogP contribution in [0.2, 0.25) is 18.1 Å². The van der Waals surface area contributed by atoms with E-state index >= 15 is 0 Å². The van der Waals surface area contributed by atoms with Crippen LogP contribution < -0.4 is 11.2 Å². The maximum absolute atomic E-state index is 13.5. The van der Waals surface area contributed by atoms with Crippen LogP contribution in [-0.4, -0.2) is 36.8 Å². The first-order chi connectivity index (χ1) is 12.1. The summed E-state index contributed by atoms with van der Waals surface area (Å²) in [5, 5.41) is -0.0819. The number of halogens is 3. The Morgan fingerprint density at radius 2 is 1.89 bits per heavy atom. The minimum Gasteiger partial charge on any atom is -0.414 e. The Balaban J connectivity index is 2.27. The summed E-state index contributed by atoms with van der Waals surface area (Å²) in [6.07, 6.45) is -6.04. The Hall–Kier alpha value is -1.39. The van der Waals surface area contributed by atoms with Crippen molar-refractivity contribution in [1.29, 1.82) is 0 Å². The van der Waals surface area contributed by atoms with Crippen molar-refractivity contribution in [1.82, 2.24) is 9.55 Å². The van der Waals surface area contributed by atoms with Crippen molar-refractivity contribution in [3.8, 4) is 0 Å². The van der Waals surface area contributed by atoms with Crippen LogP contribution in [-0.2, 0) is 9.16 Å². The number of rotatable bonds is 4. The smallest absolute Gasteiger partial charge is 0.396 e. The summed E-state index contributed by atoms with van der Waals surface area (Å²) in [5.74, 6) is -1.85. The first-order valence-corrected chi connectivity index (χ1v) is 11.7. The molecule has 0 spiro atoms. The zero-order valence-electron chi connectivity index (χ0n) is 16.4. The molecule has 6 nitrogen and oxygen atoms in total. The Labute approximate surface area is 156 Å². The molecule has 0 bridgehead atoms. The Kier molecular flexibility index (Phi) is 5.85. The number of aromatic amines is 1. The fraction of sp³-hybridized carbons (Fsp3) is 0.765. The van der Waals surface area contributed by atoms with Gasteiger partial charge in [-0.3, -0.25) is 14.3 Å². The van der Waals surface area contributed by atoms with Gasteiger partial charge in [-0.15, -0.1) is 0 Å². The van der Waals surface area contributed by atoms with Gasteiger partial charge in [-0.2, -0.15) is 13.2 Å². The third-order valence-corrected chi connectivity index (χ3v) is 9.97. The molecule has 2 heterocycles. The first-order valence-electron chi connectivity index (χ1n) is 8.81. The molecule has 0 aliphatic carbocycles. The highest BCUT2D eigenvalue weighted by Gasteiger charge is 2.53. The van der Waals surface area contributed by atoms with Crippen molar-refractivity contribution >= 4 is 8.32 Å². The van der Waals surface area contributed by atoms with Crippen molar-refractivity contribution in [3.63, 3.8) is 0 Å². The molecule has 154 valence electrons. The fourth-order valence-corrected chi connectivity index (χ4v) is 3.74. The number of alkyl halides is 3. The van der Waals surface area contributed by atoms with E-state index in [1.165, 1.54) is 6.92 Å². The molecule has 27 heavy (non-hydrogen) atoms. The number of hydrogen-bond acceptors (Lipinski definition) is 4. The van der Waals surface area contributed by atoms with Crippen LogP contribution in [0.4, 0.5) is 13.2 Å². The maximum Gasteiger partial charge on any atom is 0.396 e. The van der Waals surface area contributed by atoms with Gasteiger partial charge in [0.15, 0.2) is 8.32 Å². The molecule has 1 aliphatic rings. The number of aryl methyl sites for hydroxylation is 1. The van der Waals surface area contributed by atoms with Gasteiger partial charge in [0.05, 0.1) is 12.7 Å². The van der Waals surface area contributed by atoms with Gasteiger partial charge in [-0.1, -0.05) is 20.8 Å². The third-order valence-electron chi connectivity index (χ3n) is 5.47. The minimum absolute atomic E-state index is 0.0384. The molecule has 3 atom stereocenters. The van der Waals surface area contributed by atoms with Crippen LogP contribution in [0.1, 0.15) is 39.0 Å². The van der Waals surface area contributed by atoms with E-state index in [1.54, 1.807) is 0 Å². The molecule has 1 fully saturated rings. The van der Waals surface area contributed by atoms with Gasteiger partial charge >= 0.3 is 11.9 Å². The molecule has 0 aromatic carbocycles. The zero-order valence-corrected chi connectivity index (χ0v) is 17.4. The highest BCUT2D eigenvalue weighted by atomic mass is 28.4. The second kappa shape index (κ2) is 7.21. The van der Waals surface area contributed by atoms with E-state index in [-0.39, 0.29) is 23.6 Å². The van der Waals surface area contributed by atoms with E-state index in [1.807, 2.05) is 38.8 Å². The molecule has 10 heteroatoms. The highest BCUT2D eigenvalue weighted by Crippen LogP contribution is 2.45. The fourth-order valence-electron chi connectivity index (χ4n) is 2.70. The molecule has 2 rings (SSSR count). The number of H-pyrrole nitrogens is 1. The van der Waals surface area contributed by atoms with Crippen molar-refractivity contribution in [2.75, 3.05) is 6.61 Å². The Bertz CT molecular complexity index is 795. The van der Waals surface area contributed by atoms with Gasteiger partial charge < -0.3 is 9.16 Å². The monoisotopic (exact) mass is 408 g/mol. The van der Waals surface area contributed by atoms with Gasteiger partial charge in [0.25, 0.3) is 5.56 Å². The summed E-state index contributed by atoms with van der Waals surface area (Å²) >= 11 is 0. The van der Waals surface area contributed by atoms with Crippen molar-refractivity contribution in [2.24, 2.45) is 5.92 Å². The van der Waals surface area contributed by atoms with E-state index in [9.17, 15) is 22.8 Å². The molecule has 1 aromatic heterocycles. The van der Waals surface area contributed by atoms with Crippen LogP contribution in [0, 0.1) is 12.8 Å². The van der Waals surface area contributed by atoms with Gasteiger partial charge in [0.1, 0.15) is 12.1 Å². The molecule has 1 N–H and O–H groups in total. The van der Waals surface area contributed by atoms with Gasteiger partial charge in [0.2, 0.25) is 0 Å². The first kappa shape index (κ1) is 21.9. The SMILES string of the molecule is Cc1cn([C@H]2O[C@H](CO[Si](C)(C)C(C)(C)C)C[C@H]2C(F)(F)F)c(=O)[nH]c1=O. The average Bonchev–Trinajstić information content (AvgIpc) is 2.92. The van der Waals surface area contributed by atoms with Crippen LogP contribution >= 0.6 is 0 Å². The standard InChI is InChI=1S/C17H27F3N2O4Si/c1-10-8-22(15(24)21-13(10)23)14-12(17(18,19)20)7-11(26-14)9-25-27(5,6)16(2,3)4/h8,11-12,14H,7,9H2,1-6H3,(H,21,23,24)/t11-,12+,14-/m0/s1. The van der Waals surface area contributed by atoms with Crippen LogP contribution in [0.15, 0.2) is 15.8 Å². The summed E-state index contributed by atoms with van der Waals surface area (Å²) in [4.78, 5) is 25.6. The summed E-state index contributed by atoms with van der Waals surface area (Å²) in [7, 11) is -2.15. The van der Waals surface area contributed by atoms with E-state index in [2.05, 4.69) is 0 Å². The quantitative estimate of drug-likeness (QED) is 0.776. The molecule has 0 unspecified atom stereocenters. The topological polar surface area (TPSA) is 73.3 Å². The normalized spacial score (nSPS) is 24.4. The third kappa shape index (κ3) is 4.72. The second-order valence-electron chi connectivity index (χ2n) is 8.58. The second-order valence-corrected chi connectivity index (χ2v) is 13.4. The molecule has 1 aromatic rings. The number of ether oxygens (including phenoxy) is 1. The molecular weight excluding hydrogens is 381 g/mol. The molecular formula is C17H27F3N2O4Si. The van der Waals surface area contributed by atoms with Crippen molar-refractivity contribution in [2.45, 2.75) is 70.8 Å². The maximum atomic E-state index is 13.5. The average molecular weight is 408 g/mol. The summed E-state index contributed by atoms with van der Waals surface area (Å²) in [6.45, 7) is 11.6. The molecule has 1 aliphatic heterocycles. The van der Waals surface area contributed by atoms with Crippen LogP contribution in [0.25, 0.3) is 0 Å². The predicted octanol–water partition coefficient (Wildman–Crippen LogP) is 3.33. The molecule has 1 saturated heterocycles. The largest absolute Gasteiger partial charge is 0.414 e. The number of aromatic nitrogens is 2. The number of nitrogens with one attached hydrogen (secondary N) is 1. The Morgan fingerprint density at radius 3 is 2.41 bits per heavy atom. The zero-order chi connectivity index (χ0) is 20.8. The van der Waals surface area contributed by atoms with E-state index in [0.29, 0.717) is 0 Å². The van der Waals surface area contributed by atoms with Crippen molar-refractivity contribution < 1.29 is 22.3 Å². The molecule has 0 saturated carbocycles. The lowest BCUT2D eigenvalue weighted by atomic mass is 10.0. The Morgan fingerprint density at radius 1 is 1.30 bits per heavy atom. The van der Waals surface area contributed by atoms with E-state index in [0.717, 1.165) is 10.8 Å². The summed E-state index contributed by atoms with van der Waals surface area (Å²) in [6, 6.07) is 0. The minimum atomic E-state index is -4.54. The van der Waals surface area contributed by atoms with Gasteiger partial charge in [0, 0.05) is 11.8 Å². The summed E-state index contributed by atoms with van der Waals surface area (Å²) < 4.78 is 53.0. The lowest BCUT2D eigenvalue weighted by Crippen LogP contribution is -2.42.